The lowest BCUT2D eigenvalue weighted by Crippen LogP contribution is -2.56. The molecule has 0 spiro atoms. The number of nitrogens with zero attached hydrogens (tertiary/aromatic N) is 3. The van der Waals surface area contributed by atoms with Crippen molar-refractivity contribution in [2.24, 2.45) is 0 Å². The van der Waals surface area contributed by atoms with Gasteiger partial charge in [-0.15, -0.1) is 0 Å². The predicted octanol–water partition coefficient (Wildman–Crippen LogP) is 0.950. The molecule has 0 atom stereocenters. The molecule has 0 aliphatic carbocycles. The Morgan fingerprint density at radius 1 is 1.27 bits per heavy atom. The van der Waals surface area contributed by atoms with Gasteiger partial charge in [0.1, 0.15) is 23.3 Å². The van der Waals surface area contributed by atoms with E-state index in [1.807, 2.05) is 6.92 Å². The Labute approximate surface area is 126 Å². The van der Waals surface area contributed by atoms with Gasteiger partial charge in [0.15, 0.2) is 0 Å². The Bertz CT molecular complexity index is 748. The largest absolute Gasteiger partial charge is 0.486 e. The van der Waals surface area contributed by atoms with E-state index in [1.165, 1.54) is 12.3 Å². The van der Waals surface area contributed by atoms with Crippen molar-refractivity contribution in [3.05, 3.63) is 52.1 Å². The third-order valence-corrected chi connectivity index (χ3v) is 3.31. The van der Waals surface area contributed by atoms with E-state index in [1.54, 1.807) is 24.1 Å². The molecule has 2 aromatic heterocycles. The quantitative estimate of drug-likeness (QED) is 0.839. The van der Waals surface area contributed by atoms with Crippen molar-refractivity contribution >= 4 is 5.91 Å². The summed E-state index contributed by atoms with van der Waals surface area (Å²) in [4.78, 5) is 33.2. The highest BCUT2D eigenvalue weighted by Crippen LogP contribution is 2.19. The van der Waals surface area contributed by atoms with Crippen molar-refractivity contribution in [1.82, 2.24) is 14.9 Å². The Hall–Kier alpha value is -2.70. The maximum atomic E-state index is 12.1. The normalized spacial score (nSPS) is 14.5. The first kappa shape index (κ1) is 14.2. The summed E-state index contributed by atoms with van der Waals surface area (Å²) in [5.74, 6) is 0.779. The number of rotatable bonds is 3. The second-order valence-corrected chi connectivity index (χ2v) is 5.22. The van der Waals surface area contributed by atoms with Crippen LogP contribution in [0.25, 0.3) is 0 Å². The molecule has 7 nitrogen and oxygen atoms in total. The van der Waals surface area contributed by atoms with Crippen molar-refractivity contribution in [2.45, 2.75) is 20.0 Å². The zero-order chi connectivity index (χ0) is 15.7. The lowest BCUT2D eigenvalue weighted by Gasteiger charge is -2.38. The van der Waals surface area contributed by atoms with E-state index in [2.05, 4.69) is 9.97 Å². The summed E-state index contributed by atoms with van der Waals surface area (Å²) < 4.78 is 10.5. The van der Waals surface area contributed by atoms with Crippen LogP contribution in [0.2, 0.25) is 0 Å². The van der Waals surface area contributed by atoms with Gasteiger partial charge in [-0.25, -0.2) is 9.78 Å². The van der Waals surface area contributed by atoms with Gasteiger partial charge < -0.3 is 14.1 Å². The summed E-state index contributed by atoms with van der Waals surface area (Å²) in [6.07, 6.45) is 2.90. The minimum absolute atomic E-state index is 0.136. The van der Waals surface area contributed by atoms with Gasteiger partial charge in [0.2, 0.25) is 0 Å². The maximum absolute atomic E-state index is 12.1. The van der Waals surface area contributed by atoms with Gasteiger partial charge in [-0.05, 0) is 13.8 Å². The van der Waals surface area contributed by atoms with E-state index in [4.69, 9.17) is 9.15 Å². The average Bonchev–Trinajstić information content (AvgIpc) is 2.41. The molecule has 2 aromatic rings. The van der Waals surface area contributed by atoms with Gasteiger partial charge in [0, 0.05) is 12.3 Å². The van der Waals surface area contributed by atoms with Crippen LogP contribution >= 0.6 is 0 Å². The Kier molecular flexibility index (Phi) is 3.62. The number of hydrogen-bond acceptors (Lipinski definition) is 6. The molecule has 114 valence electrons. The minimum atomic E-state index is -0.447. The first-order valence-electron chi connectivity index (χ1n) is 6.87. The summed E-state index contributed by atoms with van der Waals surface area (Å²) in [5, 5.41) is 0. The smallest absolute Gasteiger partial charge is 0.339 e. The lowest BCUT2D eigenvalue weighted by atomic mass is 10.1. The molecule has 1 saturated heterocycles. The fourth-order valence-corrected chi connectivity index (χ4v) is 2.18. The van der Waals surface area contributed by atoms with E-state index < -0.39 is 5.63 Å². The zero-order valence-electron chi connectivity index (χ0n) is 12.3. The molecule has 1 fully saturated rings. The number of aromatic nitrogens is 2. The van der Waals surface area contributed by atoms with Gasteiger partial charge in [0.25, 0.3) is 5.91 Å². The van der Waals surface area contributed by atoms with Gasteiger partial charge in [0.05, 0.1) is 31.0 Å². The Morgan fingerprint density at radius 3 is 2.68 bits per heavy atom. The molecule has 1 aliphatic rings. The molecule has 3 heterocycles. The minimum Gasteiger partial charge on any atom is -0.486 e. The van der Waals surface area contributed by atoms with E-state index in [9.17, 15) is 9.59 Å². The highest BCUT2D eigenvalue weighted by molar-refractivity contribution is 5.92. The number of amides is 1. The average molecular weight is 301 g/mol. The molecular formula is C15H15N3O4. The van der Waals surface area contributed by atoms with Crippen LogP contribution in [0, 0.1) is 13.8 Å². The molecule has 0 bridgehead atoms. The predicted molar refractivity (Wildman–Crippen MR) is 76.8 cm³/mol. The number of aryl methyl sites for hydroxylation is 2. The first-order chi connectivity index (χ1) is 10.5. The van der Waals surface area contributed by atoms with Gasteiger partial charge in [-0.2, -0.15) is 0 Å². The topological polar surface area (TPSA) is 85.5 Å². The molecule has 1 amide bonds. The van der Waals surface area contributed by atoms with E-state index in [-0.39, 0.29) is 12.0 Å². The standard InChI is InChI=1S/C15H15N3O4/c1-9-5-17-13(6-16-9)15(20)18-7-12(8-18)22-11-3-10(2)21-14(19)4-11/h3-6,12H,7-8H2,1-2H3. The van der Waals surface area contributed by atoms with Crippen LogP contribution in [0.4, 0.5) is 0 Å². The summed E-state index contributed by atoms with van der Waals surface area (Å²) in [6, 6.07) is 2.94. The second-order valence-electron chi connectivity index (χ2n) is 5.22. The summed E-state index contributed by atoms with van der Waals surface area (Å²) in [5.41, 5.74) is 0.636. The van der Waals surface area contributed by atoms with Crippen LogP contribution in [-0.4, -0.2) is 40.0 Å². The van der Waals surface area contributed by atoms with E-state index >= 15 is 0 Å². The zero-order valence-corrected chi connectivity index (χ0v) is 12.3. The number of likely N-dealkylation sites (tertiary alicyclic amines) is 1. The molecule has 1 aliphatic heterocycles. The second kappa shape index (κ2) is 5.59. The lowest BCUT2D eigenvalue weighted by molar-refractivity contribution is 0.0170. The molecule has 0 unspecified atom stereocenters. The Balaban J connectivity index is 1.58. The fraction of sp³-hybridized carbons (Fsp3) is 0.333. The first-order valence-corrected chi connectivity index (χ1v) is 6.87. The number of ether oxygens (including phenoxy) is 1. The SMILES string of the molecule is Cc1cnc(C(=O)N2CC(Oc3cc(C)oc(=O)c3)C2)cn1. The summed E-state index contributed by atoms with van der Waals surface area (Å²) in [7, 11) is 0. The number of carbonyl (C=O) groups excluding carboxylic acids is 1. The van der Waals surface area contributed by atoms with E-state index in [0.29, 0.717) is 30.3 Å². The highest BCUT2D eigenvalue weighted by atomic mass is 16.5. The van der Waals surface area contributed by atoms with Crippen LogP contribution < -0.4 is 10.4 Å². The number of carbonyl (C=O) groups is 1. The van der Waals surface area contributed by atoms with Crippen LogP contribution in [-0.2, 0) is 0 Å². The van der Waals surface area contributed by atoms with Crippen molar-refractivity contribution < 1.29 is 13.9 Å². The van der Waals surface area contributed by atoms with Crippen molar-refractivity contribution in [3.8, 4) is 5.75 Å². The Morgan fingerprint density at radius 2 is 2.05 bits per heavy atom. The van der Waals surface area contributed by atoms with Crippen LogP contribution in [0.3, 0.4) is 0 Å². The van der Waals surface area contributed by atoms with Crippen LogP contribution in [0.5, 0.6) is 5.75 Å². The molecule has 3 rings (SSSR count). The molecule has 0 aromatic carbocycles. The van der Waals surface area contributed by atoms with Gasteiger partial charge >= 0.3 is 5.63 Å². The molecule has 0 N–H and O–H groups in total. The maximum Gasteiger partial charge on any atom is 0.339 e. The summed E-state index contributed by atoms with van der Waals surface area (Å²) in [6.45, 7) is 4.40. The molecule has 0 radical (unpaired) electrons. The number of hydrogen-bond donors (Lipinski definition) is 0. The fourth-order valence-electron chi connectivity index (χ4n) is 2.18. The van der Waals surface area contributed by atoms with Crippen molar-refractivity contribution in [3.63, 3.8) is 0 Å². The van der Waals surface area contributed by atoms with Crippen LogP contribution in [0.15, 0.2) is 33.7 Å². The van der Waals surface area contributed by atoms with Crippen LogP contribution in [0.1, 0.15) is 21.9 Å². The molecular weight excluding hydrogens is 286 g/mol. The molecule has 7 heteroatoms. The van der Waals surface area contributed by atoms with E-state index in [0.717, 1.165) is 5.69 Å². The van der Waals surface area contributed by atoms with Crippen molar-refractivity contribution in [1.29, 1.82) is 0 Å². The third-order valence-electron chi connectivity index (χ3n) is 3.31. The van der Waals surface area contributed by atoms with Gasteiger partial charge in [-0.3, -0.25) is 9.78 Å². The van der Waals surface area contributed by atoms with Gasteiger partial charge in [-0.1, -0.05) is 0 Å². The molecule has 22 heavy (non-hydrogen) atoms. The molecule has 0 saturated carbocycles. The van der Waals surface area contributed by atoms with Crippen molar-refractivity contribution in [2.75, 3.05) is 13.1 Å². The summed E-state index contributed by atoms with van der Waals surface area (Å²) >= 11 is 0. The highest BCUT2D eigenvalue weighted by Gasteiger charge is 2.33. The monoisotopic (exact) mass is 301 g/mol. The third kappa shape index (κ3) is 2.98.